The fraction of sp³-hybridized carbons (Fsp3) is 0.500. The van der Waals surface area contributed by atoms with E-state index in [2.05, 4.69) is 10.3 Å². The van der Waals surface area contributed by atoms with Crippen molar-refractivity contribution in [3.8, 4) is 0 Å². The summed E-state index contributed by atoms with van der Waals surface area (Å²) in [5.41, 5.74) is 7.46. The molecular formula is C16H26FN3O. The van der Waals surface area contributed by atoms with Crippen LogP contribution < -0.4 is 11.1 Å². The van der Waals surface area contributed by atoms with E-state index in [1.54, 1.807) is 13.1 Å². The lowest BCUT2D eigenvalue weighted by Gasteiger charge is -2.26. The van der Waals surface area contributed by atoms with E-state index >= 15 is 0 Å². The molecule has 0 spiro atoms. The van der Waals surface area contributed by atoms with Gasteiger partial charge in [0.15, 0.2) is 0 Å². The number of aromatic nitrogens is 1. The zero-order valence-corrected chi connectivity index (χ0v) is 13.7. The molecule has 5 heteroatoms. The summed E-state index contributed by atoms with van der Waals surface area (Å²) in [6, 6.07) is 0.969. The van der Waals surface area contributed by atoms with Crippen LogP contribution in [0, 0.1) is 18.3 Å². The predicted octanol–water partition coefficient (Wildman–Crippen LogP) is 3.02. The van der Waals surface area contributed by atoms with Crippen molar-refractivity contribution in [2.75, 3.05) is 0 Å². The van der Waals surface area contributed by atoms with Gasteiger partial charge in [0, 0.05) is 18.0 Å². The molecule has 1 aromatic rings. The van der Waals surface area contributed by atoms with Crippen LogP contribution >= 0.6 is 0 Å². The predicted molar refractivity (Wildman–Crippen MR) is 84.9 cm³/mol. The monoisotopic (exact) mass is 295 g/mol. The van der Waals surface area contributed by atoms with Gasteiger partial charge in [0.1, 0.15) is 6.29 Å². The highest BCUT2D eigenvalue weighted by Crippen LogP contribution is 2.18. The summed E-state index contributed by atoms with van der Waals surface area (Å²) in [6.07, 6.45) is 3.79. The summed E-state index contributed by atoms with van der Waals surface area (Å²) in [4.78, 5) is 14.6. The highest BCUT2D eigenvalue weighted by Gasteiger charge is 2.22. The van der Waals surface area contributed by atoms with Gasteiger partial charge in [-0.2, -0.15) is 4.39 Å². The number of nitrogens with two attached hydrogens (primary N) is 1. The van der Waals surface area contributed by atoms with Crippen molar-refractivity contribution >= 4 is 12.0 Å². The summed E-state index contributed by atoms with van der Waals surface area (Å²) in [6.45, 7) is 11.6. The lowest BCUT2D eigenvalue weighted by atomic mass is 9.88. The van der Waals surface area contributed by atoms with Gasteiger partial charge in [-0.25, -0.2) is 4.98 Å². The van der Waals surface area contributed by atoms with E-state index in [0.717, 1.165) is 6.29 Å². The van der Waals surface area contributed by atoms with Gasteiger partial charge in [0.2, 0.25) is 5.95 Å². The highest BCUT2D eigenvalue weighted by molar-refractivity contribution is 5.65. The average Bonchev–Trinajstić information content (AvgIpc) is 2.39. The molecule has 0 aliphatic carbocycles. The Labute approximate surface area is 126 Å². The van der Waals surface area contributed by atoms with Crippen molar-refractivity contribution in [2.45, 2.75) is 47.6 Å². The summed E-state index contributed by atoms with van der Waals surface area (Å²) < 4.78 is 12.9. The first kappa shape index (κ1) is 19.1. The number of carbonyl (C=O) groups excluding carboxylic acids is 1. The van der Waals surface area contributed by atoms with Crippen molar-refractivity contribution in [3.05, 3.63) is 35.5 Å². The number of pyridine rings is 1. The minimum atomic E-state index is -0.539. The maximum atomic E-state index is 12.9. The second-order valence-corrected chi connectivity index (χ2v) is 5.57. The van der Waals surface area contributed by atoms with Gasteiger partial charge in [-0.15, -0.1) is 0 Å². The second kappa shape index (κ2) is 8.39. The van der Waals surface area contributed by atoms with Crippen LogP contribution in [0.15, 0.2) is 18.5 Å². The van der Waals surface area contributed by atoms with Crippen LogP contribution in [0.1, 0.15) is 45.7 Å². The summed E-state index contributed by atoms with van der Waals surface area (Å²) in [7, 11) is 0. The lowest BCUT2D eigenvalue weighted by Crippen LogP contribution is -2.39. The van der Waals surface area contributed by atoms with Crippen molar-refractivity contribution in [1.82, 2.24) is 10.3 Å². The van der Waals surface area contributed by atoms with E-state index in [4.69, 9.17) is 5.73 Å². The smallest absolute Gasteiger partial charge is 0.213 e. The number of nitrogens with one attached hydrogen (secondary N) is 1. The lowest BCUT2D eigenvalue weighted by molar-refractivity contribution is -0.111. The number of carbonyl (C=O) groups is 1. The van der Waals surface area contributed by atoms with E-state index in [0.29, 0.717) is 16.8 Å². The van der Waals surface area contributed by atoms with Crippen LogP contribution in [0.3, 0.4) is 0 Å². The molecule has 0 saturated heterocycles. The third-order valence-electron chi connectivity index (χ3n) is 2.88. The zero-order chi connectivity index (χ0) is 16.6. The molecule has 0 bridgehead atoms. The standard InChI is InChI=1S/C14H20FN3O.C2H6/c1-9-5-13(15)18-6-10(9)11(16)7-17-12(8-19)14(2,3)4;1-2/h5-8,12,17H,16H2,1-4H3;1-2H3/b11-7-;. The molecule has 0 fully saturated rings. The van der Waals surface area contributed by atoms with Gasteiger partial charge >= 0.3 is 0 Å². The normalized spacial score (nSPS) is 13.0. The molecule has 0 saturated carbocycles. The van der Waals surface area contributed by atoms with Crippen molar-refractivity contribution in [3.63, 3.8) is 0 Å². The molecule has 3 N–H and O–H groups in total. The molecule has 21 heavy (non-hydrogen) atoms. The maximum Gasteiger partial charge on any atom is 0.213 e. The van der Waals surface area contributed by atoms with Gasteiger partial charge in [0.05, 0.1) is 11.7 Å². The Kier molecular flexibility index (Phi) is 7.63. The molecule has 4 nitrogen and oxygen atoms in total. The van der Waals surface area contributed by atoms with Crippen molar-refractivity contribution < 1.29 is 9.18 Å². The molecule has 0 aromatic carbocycles. The first-order chi connectivity index (χ1) is 9.75. The maximum absolute atomic E-state index is 12.9. The van der Waals surface area contributed by atoms with Crippen LogP contribution in [0.25, 0.3) is 5.70 Å². The highest BCUT2D eigenvalue weighted by atomic mass is 19.1. The van der Waals surface area contributed by atoms with Gasteiger partial charge in [0.25, 0.3) is 0 Å². The van der Waals surface area contributed by atoms with Crippen LogP contribution in [-0.2, 0) is 4.79 Å². The first-order valence-electron chi connectivity index (χ1n) is 7.05. The fourth-order valence-electron chi connectivity index (χ4n) is 1.57. The van der Waals surface area contributed by atoms with Crippen LogP contribution in [0.5, 0.6) is 0 Å². The number of nitrogens with zero attached hydrogens (tertiary/aromatic N) is 1. The Hall–Kier alpha value is -1.91. The zero-order valence-electron chi connectivity index (χ0n) is 13.7. The largest absolute Gasteiger partial charge is 0.397 e. The number of rotatable bonds is 4. The summed E-state index contributed by atoms with van der Waals surface area (Å²) >= 11 is 0. The van der Waals surface area contributed by atoms with Crippen LogP contribution in [0.4, 0.5) is 4.39 Å². The third kappa shape index (κ3) is 5.94. The molecule has 1 rings (SSSR count). The summed E-state index contributed by atoms with van der Waals surface area (Å²) in [5, 5.41) is 2.97. The molecule has 0 aliphatic rings. The molecule has 1 heterocycles. The Bertz CT molecular complexity index is 493. The number of aryl methyl sites for hydroxylation is 1. The molecule has 1 aromatic heterocycles. The molecular weight excluding hydrogens is 269 g/mol. The molecule has 0 amide bonds. The SMILES string of the molecule is CC.Cc1cc(F)ncc1/C(N)=C/NC(C=O)C(C)(C)C. The molecule has 0 radical (unpaired) electrons. The second-order valence-electron chi connectivity index (χ2n) is 5.57. The average molecular weight is 295 g/mol. The van der Waals surface area contributed by atoms with Gasteiger partial charge in [-0.3, -0.25) is 0 Å². The first-order valence-corrected chi connectivity index (χ1v) is 7.05. The van der Waals surface area contributed by atoms with E-state index in [-0.39, 0.29) is 11.5 Å². The number of aldehydes is 1. The summed E-state index contributed by atoms with van der Waals surface area (Å²) in [5.74, 6) is -0.539. The topological polar surface area (TPSA) is 68.0 Å². The Morgan fingerprint density at radius 2 is 2.00 bits per heavy atom. The van der Waals surface area contributed by atoms with Crippen molar-refractivity contribution in [1.29, 1.82) is 0 Å². The molecule has 1 atom stereocenters. The third-order valence-corrected chi connectivity index (χ3v) is 2.88. The Morgan fingerprint density at radius 3 is 2.43 bits per heavy atom. The van der Waals surface area contributed by atoms with Gasteiger partial charge < -0.3 is 15.8 Å². The molecule has 1 unspecified atom stereocenters. The van der Waals surface area contributed by atoms with Crippen LogP contribution in [-0.4, -0.2) is 17.3 Å². The van der Waals surface area contributed by atoms with E-state index < -0.39 is 5.95 Å². The van der Waals surface area contributed by atoms with E-state index in [1.165, 1.54) is 12.3 Å². The minimum absolute atomic E-state index is 0.214. The van der Waals surface area contributed by atoms with Crippen LogP contribution in [0.2, 0.25) is 0 Å². The Balaban J connectivity index is 0.00000191. The van der Waals surface area contributed by atoms with Gasteiger partial charge in [-0.1, -0.05) is 34.6 Å². The molecule has 118 valence electrons. The number of halogens is 1. The fourth-order valence-corrected chi connectivity index (χ4v) is 1.57. The quantitative estimate of drug-likeness (QED) is 0.662. The number of hydrogen-bond acceptors (Lipinski definition) is 4. The van der Waals surface area contributed by atoms with Crippen molar-refractivity contribution in [2.24, 2.45) is 11.1 Å². The van der Waals surface area contributed by atoms with E-state index in [1.807, 2.05) is 34.6 Å². The minimum Gasteiger partial charge on any atom is -0.397 e. The Morgan fingerprint density at radius 1 is 1.43 bits per heavy atom. The number of hydrogen-bond donors (Lipinski definition) is 2. The van der Waals surface area contributed by atoms with Gasteiger partial charge in [-0.05, 0) is 24.0 Å². The molecule has 0 aliphatic heterocycles. The van der Waals surface area contributed by atoms with E-state index in [9.17, 15) is 9.18 Å².